The van der Waals surface area contributed by atoms with E-state index in [1.165, 1.54) is 6.92 Å². The Morgan fingerprint density at radius 1 is 1.50 bits per heavy atom. The number of rotatable bonds is 1. The number of hydrogen-bond acceptors (Lipinski definition) is 2. The standard InChI is InChI=1S/C8H13NO3/c1-5-3-7(8(11)12)4-9(5)6(2)10/h5,7H,3-4H2,1-2H3,(H,11,12)/t5-,7-/m0/s1. The van der Waals surface area contributed by atoms with Crippen molar-refractivity contribution in [1.82, 2.24) is 4.90 Å². The van der Waals surface area contributed by atoms with E-state index in [0.717, 1.165) is 0 Å². The van der Waals surface area contributed by atoms with Crippen LogP contribution in [0.25, 0.3) is 0 Å². The lowest BCUT2D eigenvalue weighted by Crippen LogP contribution is -2.32. The van der Waals surface area contributed by atoms with Crippen LogP contribution in [0.3, 0.4) is 0 Å². The molecule has 1 N–H and O–H groups in total. The van der Waals surface area contributed by atoms with Gasteiger partial charge in [0.15, 0.2) is 0 Å². The van der Waals surface area contributed by atoms with Crippen LogP contribution >= 0.6 is 0 Å². The zero-order chi connectivity index (χ0) is 9.30. The van der Waals surface area contributed by atoms with Gasteiger partial charge in [0.1, 0.15) is 0 Å². The van der Waals surface area contributed by atoms with Gasteiger partial charge in [0.25, 0.3) is 0 Å². The summed E-state index contributed by atoms with van der Waals surface area (Å²) in [6.07, 6.45) is 0.578. The normalized spacial score (nSPS) is 29.0. The maximum Gasteiger partial charge on any atom is 0.308 e. The third-order valence-corrected chi connectivity index (χ3v) is 2.33. The van der Waals surface area contributed by atoms with Gasteiger partial charge in [0.05, 0.1) is 5.92 Å². The van der Waals surface area contributed by atoms with Crippen molar-refractivity contribution in [2.75, 3.05) is 6.54 Å². The second kappa shape index (κ2) is 3.13. The molecule has 1 fully saturated rings. The van der Waals surface area contributed by atoms with Crippen molar-refractivity contribution < 1.29 is 14.7 Å². The predicted molar refractivity (Wildman–Crippen MR) is 42.6 cm³/mol. The van der Waals surface area contributed by atoms with Gasteiger partial charge in [0, 0.05) is 19.5 Å². The first-order chi connectivity index (χ1) is 5.52. The fourth-order valence-corrected chi connectivity index (χ4v) is 1.65. The molecule has 1 aliphatic rings. The molecule has 0 aromatic rings. The Morgan fingerprint density at radius 2 is 2.08 bits per heavy atom. The molecule has 1 heterocycles. The molecule has 0 saturated carbocycles. The highest BCUT2D eigenvalue weighted by molar-refractivity contribution is 5.77. The number of carboxylic acids is 1. The van der Waals surface area contributed by atoms with Gasteiger partial charge >= 0.3 is 5.97 Å². The molecule has 1 rings (SSSR count). The topological polar surface area (TPSA) is 57.6 Å². The van der Waals surface area contributed by atoms with E-state index < -0.39 is 5.97 Å². The second-order valence-electron chi connectivity index (χ2n) is 3.29. The molecule has 0 aromatic carbocycles. The third kappa shape index (κ3) is 1.57. The van der Waals surface area contributed by atoms with Crippen molar-refractivity contribution >= 4 is 11.9 Å². The largest absolute Gasteiger partial charge is 0.481 e. The van der Waals surface area contributed by atoms with Crippen molar-refractivity contribution in [3.63, 3.8) is 0 Å². The van der Waals surface area contributed by atoms with Crippen LogP contribution in [0.5, 0.6) is 0 Å². The minimum Gasteiger partial charge on any atom is -0.481 e. The molecule has 4 heteroatoms. The quantitative estimate of drug-likeness (QED) is 0.618. The number of likely N-dealkylation sites (tertiary alicyclic amines) is 1. The monoisotopic (exact) mass is 171 g/mol. The van der Waals surface area contributed by atoms with Gasteiger partial charge in [-0.1, -0.05) is 0 Å². The number of carbonyl (C=O) groups is 2. The van der Waals surface area contributed by atoms with Crippen molar-refractivity contribution in [2.24, 2.45) is 5.92 Å². The van der Waals surface area contributed by atoms with Crippen molar-refractivity contribution in [3.05, 3.63) is 0 Å². The molecule has 0 unspecified atom stereocenters. The molecule has 1 saturated heterocycles. The fraction of sp³-hybridized carbons (Fsp3) is 0.750. The van der Waals surface area contributed by atoms with Gasteiger partial charge in [-0.05, 0) is 13.3 Å². The third-order valence-electron chi connectivity index (χ3n) is 2.33. The minimum absolute atomic E-state index is 0.0359. The zero-order valence-electron chi connectivity index (χ0n) is 7.28. The van der Waals surface area contributed by atoms with Crippen LogP contribution in [0.4, 0.5) is 0 Å². The summed E-state index contributed by atoms with van der Waals surface area (Å²) in [6.45, 7) is 3.72. The van der Waals surface area contributed by atoms with E-state index in [4.69, 9.17) is 5.11 Å². The van der Waals surface area contributed by atoms with Gasteiger partial charge in [-0.25, -0.2) is 0 Å². The molecule has 0 spiro atoms. The molecule has 2 atom stereocenters. The Bertz CT molecular complexity index is 214. The van der Waals surface area contributed by atoms with Gasteiger partial charge in [0.2, 0.25) is 5.91 Å². The van der Waals surface area contributed by atoms with E-state index in [1.807, 2.05) is 6.92 Å². The highest BCUT2D eigenvalue weighted by Gasteiger charge is 2.34. The summed E-state index contributed by atoms with van der Waals surface area (Å²) < 4.78 is 0. The Balaban J connectivity index is 2.62. The molecule has 4 nitrogen and oxygen atoms in total. The zero-order valence-corrected chi connectivity index (χ0v) is 7.28. The Kier molecular flexibility index (Phi) is 2.35. The number of nitrogens with zero attached hydrogens (tertiary/aromatic N) is 1. The lowest BCUT2D eigenvalue weighted by atomic mass is 10.1. The van der Waals surface area contributed by atoms with Crippen LogP contribution < -0.4 is 0 Å². The van der Waals surface area contributed by atoms with Crippen LogP contribution in [-0.4, -0.2) is 34.5 Å². The number of aliphatic carboxylic acids is 1. The Morgan fingerprint density at radius 3 is 2.33 bits per heavy atom. The van der Waals surface area contributed by atoms with E-state index in [2.05, 4.69) is 0 Å². The van der Waals surface area contributed by atoms with Gasteiger partial charge in [-0.2, -0.15) is 0 Å². The van der Waals surface area contributed by atoms with E-state index in [-0.39, 0.29) is 17.9 Å². The molecule has 0 bridgehead atoms. The summed E-state index contributed by atoms with van der Waals surface area (Å²) in [6, 6.07) is 0.0728. The van der Waals surface area contributed by atoms with Gasteiger partial charge < -0.3 is 10.0 Å². The highest BCUT2D eigenvalue weighted by atomic mass is 16.4. The van der Waals surface area contributed by atoms with E-state index >= 15 is 0 Å². The van der Waals surface area contributed by atoms with Crippen LogP contribution in [0.2, 0.25) is 0 Å². The lowest BCUT2D eigenvalue weighted by Gasteiger charge is -2.18. The molecule has 12 heavy (non-hydrogen) atoms. The van der Waals surface area contributed by atoms with Crippen LogP contribution in [0.1, 0.15) is 20.3 Å². The summed E-state index contributed by atoms with van der Waals surface area (Å²) in [5.41, 5.74) is 0. The van der Waals surface area contributed by atoms with Crippen molar-refractivity contribution in [3.8, 4) is 0 Å². The summed E-state index contributed by atoms with van der Waals surface area (Å²) in [5, 5.41) is 8.69. The van der Waals surface area contributed by atoms with E-state index in [9.17, 15) is 9.59 Å². The molecule has 0 radical (unpaired) electrons. The summed E-state index contributed by atoms with van der Waals surface area (Å²) >= 11 is 0. The fourth-order valence-electron chi connectivity index (χ4n) is 1.65. The summed E-state index contributed by atoms with van der Waals surface area (Å²) in [4.78, 5) is 23.1. The predicted octanol–water partition coefficient (Wildman–Crippen LogP) is 0.328. The Labute approximate surface area is 71.2 Å². The molecule has 0 aromatic heterocycles. The average molecular weight is 171 g/mol. The van der Waals surface area contributed by atoms with Gasteiger partial charge in [-0.15, -0.1) is 0 Å². The first kappa shape index (κ1) is 9.03. The van der Waals surface area contributed by atoms with Crippen LogP contribution in [0.15, 0.2) is 0 Å². The van der Waals surface area contributed by atoms with Gasteiger partial charge in [-0.3, -0.25) is 9.59 Å². The summed E-state index contributed by atoms with van der Waals surface area (Å²) in [7, 11) is 0. The second-order valence-corrected chi connectivity index (χ2v) is 3.29. The Hall–Kier alpha value is -1.06. The minimum atomic E-state index is -0.800. The van der Waals surface area contributed by atoms with Crippen LogP contribution in [0, 0.1) is 5.92 Å². The molecular formula is C8H13NO3. The lowest BCUT2D eigenvalue weighted by molar-refractivity contribution is -0.141. The van der Waals surface area contributed by atoms with E-state index in [0.29, 0.717) is 13.0 Å². The maximum absolute atomic E-state index is 11.0. The number of carboxylic acid groups (broad SMARTS) is 1. The van der Waals surface area contributed by atoms with E-state index in [1.54, 1.807) is 4.90 Å². The molecule has 68 valence electrons. The number of amides is 1. The maximum atomic E-state index is 11.0. The number of hydrogen-bond donors (Lipinski definition) is 1. The first-order valence-corrected chi connectivity index (χ1v) is 4.02. The molecule has 0 aliphatic carbocycles. The van der Waals surface area contributed by atoms with Crippen molar-refractivity contribution in [1.29, 1.82) is 0 Å². The molecular weight excluding hydrogens is 158 g/mol. The summed E-state index contributed by atoms with van der Waals surface area (Å²) in [5.74, 6) is -1.21. The average Bonchev–Trinajstić information content (AvgIpc) is 2.30. The highest BCUT2D eigenvalue weighted by Crippen LogP contribution is 2.22. The van der Waals surface area contributed by atoms with Crippen LogP contribution in [-0.2, 0) is 9.59 Å². The van der Waals surface area contributed by atoms with Crippen molar-refractivity contribution in [2.45, 2.75) is 26.3 Å². The SMILES string of the molecule is CC(=O)N1C[C@@H](C(=O)O)C[C@@H]1C. The number of carbonyl (C=O) groups excluding carboxylic acids is 1. The molecule has 1 amide bonds. The first-order valence-electron chi connectivity index (χ1n) is 4.02. The smallest absolute Gasteiger partial charge is 0.308 e. The molecule has 1 aliphatic heterocycles.